The number of amides is 1. The maximum absolute atomic E-state index is 12.3. The number of benzene rings is 4. The highest BCUT2D eigenvalue weighted by atomic mass is 32.1. The van der Waals surface area contributed by atoms with Crippen molar-refractivity contribution >= 4 is 17.2 Å². The summed E-state index contributed by atoms with van der Waals surface area (Å²) in [5.74, 6) is 1.53. The van der Waals surface area contributed by atoms with Crippen molar-refractivity contribution < 1.29 is 35.9 Å². The number of ether oxygens (including phenoxy) is 1. The van der Waals surface area contributed by atoms with Gasteiger partial charge in [0.15, 0.2) is 0 Å². The summed E-state index contributed by atoms with van der Waals surface area (Å²) in [6.07, 6.45) is 7.76. The van der Waals surface area contributed by atoms with E-state index in [1.54, 1.807) is 61.9 Å². The molecule has 4 aromatic carbocycles. The molecule has 2 aliphatic rings. The Hall–Kier alpha value is -4.48. The fourth-order valence-corrected chi connectivity index (χ4v) is 4.11. The average Bonchev–Trinajstić information content (AvgIpc) is 4.23. The van der Waals surface area contributed by atoms with E-state index in [0.29, 0.717) is 5.56 Å². The monoisotopic (exact) mass is 949 g/mol. The van der Waals surface area contributed by atoms with Gasteiger partial charge in [-0.2, -0.15) is 13.2 Å². The van der Waals surface area contributed by atoms with Gasteiger partial charge in [-0.25, -0.2) is 13.2 Å². The Morgan fingerprint density at radius 2 is 1.21 bits per heavy atom. The summed E-state index contributed by atoms with van der Waals surface area (Å²) in [6, 6.07) is 29.9. The number of unbranched alkanes of at least 4 members (excludes halogenated alkanes) is 1. The molecule has 0 unspecified atom stereocenters. The molecule has 7 rings (SSSR count). The largest absolute Gasteiger partial charge is 0.388 e. The maximum Gasteiger partial charge on any atom is 0.388 e. The third kappa shape index (κ3) is 49.0. The van der Waals surface area contributed by atoms with Gasteiger partial charge in [-0.1, -0.05) is 171 Å². The Kier molecular flexibility index (Phi) is 40.6. The molecule has 2 aliphatic carbocycles. The van der Waals surface area contributed by atoms with Gasteiger partial charge >= 0.3 is 6.18 Å². The summed E-state index contributed by atoms with van der Waals surface area (Å²) in [6.45, 7) is 23.9. The highest BCUT2D eigenvalue weighted by Crippen LogP contribution is 2.31. The summed E-state index contributed by atoms with van der Waals surface area (Å²) in [5, 5.41) is 3.10. The van der Waals surface area contributed by atoms with Crippen LogP contribution in [0.15, 0.2) is 115 Å². The third-order valence-corrected chi connectivity index (χ3v) is 10.1. The number of carbonyl (C=O) groups excluding carboxylic acids is 1. The van der Waals surface area contributed by atoms with Crippen molar-refractivity contribution in [2.45, 2.75) is 147 Å². The Morgan fingerprint density at radius 1 is 0.712 bits per heavy atom. The van der Waals surface area contributed by atoms with E-state index in [0.717, 1.165) is 47.9 Å². The van der Waals surface area contributed by atoms with Crippen LogP contribution in [0, 0.1) is 69.3 Å². The van der Waals surface area contributed by atoms with Crippen molar-refractivity contribution in [2.24, 2.45) is 23.0 Å². The van der Waals surface area contributed by atoms with Crippen LogP contribution in [0.5, 0.6) is 0 Å². The number of primary amides is 1. The number of methoxy groups -OCH3 is 1. The summed E-state index contributed by atoms with van der Waals surface area (Å²) in [7, 11) is 1.73. The Labute approximate surface area is 399 Å². The standard InChI is InChI=1S/3C7H7F.C7H8.C6H13NO.C5H12O.C5H10.C4H5NS.C4H8.C3H5F3/c1-6-2-4-7(8)5-3-6;1-6-3-2-4-7(8)5-6;1-6-4-2-3-5-7(6)8;1-7-5-3-2-4-6-7;1-4-6(2,3)5(7)8;1-3-4-5-6-2;1-2-5-3-4-5;1-4-5-2-3-6-4;1-4-2-3-4;1-2-3(4,5)6/h3*2-5H,1H3;2-6H,1H3;4H2,1-3H3,(H2,7,8);3-5H2,1-2H3;5H,2-4H2,1H3;2-3H,1H3;4H,2-3H2,1H3;2H2,1H3. The van der Waals surface area contributed by atoms with Crippen LogP contribution < -0.4 is 5.73 Å². The molecule has 5 aromatic rings. The van der Waals surface area contributed by atoms with E-state index >= 15 is 0 Å². The molecule has 0 bridgehead atoms. The molecule has 0 aliphatic heterocycles. The summed E-state index contributed by atoms with van der Waals surface area (Å²) >= 11 is 1.67. The minimum Gasteiger partial charge on any atom is -0.385 e. The second-order valence-corrected chi connectivity index (χ2v) is 17.6. The van der Waals surface area contributed by atoms with Gasteiger partial charge in [-0.15, -0.1) is 11.3 Å². The van der Waals surface area contributed by atoms with Crippen LogP contribution in [0.4, 0.5) is 26.3 Å². The van der Waals surface area contributed by atoms with Gasteiger partial charge in [-0.05, 0) is 101 Å². The number of rotatable bonds is 6. The molecular weight excluding hydrogens is 867 g/mol. The van der Waals surface area contributed by atoms with Crippen LogP contribution in [0.3, 0.4) is 0 Å². The first kappa shape index (κ1) is 65.8. The molecule has 66 heavy (non-hydrogen) atoms. The lowest BCUT2D eigenvalue weighted by Gasteiger charge is -2.16. The first-order chi connectivity index (χ1) is 31.0. The van der Waals surface area contributed by atoms with E-state index in [9.17, 15) is 31.1 Å². The van der Waals surface area contributed by atoms with Crippen LogP contribution in [-0.2, 0) is 9.53 Å². The van der Waals surface area contributed by atoms with Crippen molar-refractivity contribution in [1.29, 1.82) is 0 Å². The lowest BCUT2D eigenvalue weighted by molar-refractivity contribution is -0.130. The van der Waals surface area contributed by atoms with E-state index in [-0.39, 0.29) is 28.8 Å². The second kappa shape index (κ2) is 40.8. The molecule has 4 nitrogen and oxygen atoms in total. The highest BCUT2D eigenvalue weighted by Gasteiger charge is 2.22. The van der Waals surface area contributed by atoms with Crippen molar-refractivity contribution in [1.82, 2.24) is 4.98 Å². The average molecular weight is 949 g/mol. The maximum atomic E-state index is 12.3. The summed E-state index contributed by atoms with van der Waals surface area (Å²) in [4.78, 5) is 14.4. The molecule has 372 valence electrons. The first-order valence-electron chi connectivity index (χ1n) is 22.9. The minimum absolute atomic E-state index is 0.132. The molecular formula is C55H82F6N2O2S. The molecule has 1 amide bonds. The van der Waals surface area contributed by atoms with Crippen LogP contribution >= 0.6 is 11.3 Å². The van der Waals surface area contributed by atoms with Crippen molar-refractivity contribution in [3.63, 3.8) is 0 Å². The van der Waals surface area contributed by atoms with Crippen molar-refractivity contribution in [3.8, 4) is 0 Å². The summed E-state index contributed by atoms with van der Waals surface area (Å²) in [5.41, 5.74) is 8.80. The van der Waals surface area contributed by atoms with E-state index in [4.69, 9.17) is 10.5 Å². The Balaban J connectivity index is -0.000000672. The van der Waals surface area contributed by atoms with Crippen LogP contribution in [-0.4, -0.2) is 30.8 Å². The molecule has 0 saturated heterocycles. The van der Waals surface area contributed by atoms with Gasteiger partial charge in [0.2, 0.25) is 5.91 Å². The molecule has 0 radical (unpaired) electrons. The fourth-order valence-electron chi connectivity index (χ4n) is 3.67. The normalized spacial score (nSPS) is 11.7. The quantitative estimate of drug-likeness (QED) is 0.136. The van der Waals surface area contributed by atoms with Gasteiger partial charge < -0.3 is 10.5 Å². The minimum atomic E-state index is -3.96. The zero-order valence-electron chi connectivity index (χ0n) is 42.2. The molecule has 0 atom stereocenters. The molecule has 1 aromatic heterocycles. The van der Waals surface area contributed by atoms with Crippen molar-refractivity contribution in [3.05, 3.63) is 159 Å². The summed E-state index contributed by atoms with van der Waals surface area (Å²) < 4.78 is 73.7. The Bertz CT molecular complexity index is 1770. The fraction of sp³-hybridized carbons (Fsp3) is 0.491. The van der Waals surface area contributed by atoms with Gasteiger partial charge in [-0.3, -0.25) is 9.78 Å². The van der Waals surface area contributed by atoms with Gasteiger partial charge in [0.1, 0.15) is 17.5 Å². The first-order valence-corrected chi connectivity index (χ1v) is 23.7. The second-order valence-electron chi connectivity index (χ2n) is 16.5. The van der Waals surface area contributed by atoms with Gasteiger partial charge in [0.25, 0.3) is 0 Å². The number of halogens is 6. The number of hydrogen-bond acceptors (Lipinski definition) is 4. The number of thiazole rings is 1. The lowest BCUT2D eigenvalue weighted by Crippen LogP contribution is -2.30. The van der Waals surface area contributed by atoms with E-state index in [1.165, 1.54) is 80.8 Å². The number of aryl methyl sites for hydroxylation is 5. The molecule has 11 heteroatoms. The SMILES string of the molecule is CC1CC1.CCC(C)(C)C(N)=O.CCC(F)(F)F.CCC1CC1.CCCCOC.Cc1ccc(F)cc1.Cc1cccc(F)c1.Cc1ccccc1.Cc1ccccc1F.Cc1nccs1. The lowest BCUT2D eigenvalue weighted by atomic mass is 9.90. The number of aromatic nitrogens is 1. The van der Waals surface area contributed by atoms with Crippen LogP contribution in [0.1, 0.15) is 134 Å². The predicted molar refractivity (Wildman–Crippen MR) is 269 cm³/mol. The zero-order valence-corrected chi connectivity index (χ0v) is 43.0. The smallest absolute Gasteiger partial charge is 0.385 e. The van der Waals surface area contributed by atoms with E-state index < -0.39 is 12.6 Å². The third-order valence-electron chi connectivity index (χ3n) is 9.36. The Morgan fingerprint density at radius 3 is 1.41 bits per heavy atom. The number of nitrogens with zero attached hydrogens (tertiary/aromatic N) is 1. The number of nitrogens with two attached hydrogens (primary N) is 1. The number of carbonyl (C=O) groups is 1. The molecule has 2 N–H and O–H groups in total. The van der Waals surface area contributed by atoms with Crippen molar-refractivity contribution in [2.75, 3.05) is 13.7 Å². The van der Waals surface area contributed by atoms with Crippen LogP contribution in [0.2, 0.25) is 0 Å². The highest BCUT2D eigenvalue weighted by molar-refractivity contribution is 7.09. The zero-order chi connectivity index (χ0) is 51.0. The van der Waals surface area contributed by atoms with E-state index in [1.807, 2.05) is 77.3 Å². The molecule has 0 spiro atoms. The number of alkyl halides is 3. The molecule has 2 saturated carbocycles. The van der Waals surface area contributed by atoms with Gasteiger partial charge in [0.05, 0.1) is 5.01 Å². The van der Waals surface area contributed by atoms with Gasteiger partial charge in [0, 0.05) is 37.1 Å². The topological polar surface area (TPSA) is 65.2 Å². The van der Waals surface area contributed by atoms with Crippen LogP contribution in [0.25, 0.3) is 0 Å². The van der Waals surface area contributed by atoms with E-state index in [2.05, 4.69) is 44.8 Å². The predicted octanol–water partition coefficient (Wildman–Crippen LogP) is 17.4. The molecule has 1 heterocycles. The molecule has 2 fully saturated rings. The number of hydrogen-bond donors (Lipinski definition) is 1.